The molecule has 1 aromatic heterocycles. The van der Waals surface area contributed by atoms with Crippen LogP contribution >= 0.6 is 0 Å². The Morgan fingerprint density at radius 1 is 1.00 bits per heavy atom. The lowest BCUT2D eigenvalue weighted by molar-refractivity contribution is 1.13. The van der Waals surface area contributed by atoms with E-state index in [1.54, 1.807) is 0 Å². The van der Waals surface area contributed by atoms with E-state index >= 15 is 0 Å². The highest BCUT2D eigenvalue weighted by Crippen LogP contribution is 2.18. The van der Waals surface area contributed by atoms with Crippen LogP contribution in [-0.4, -0.2) is 4.98 Å². The minimum atomic E-state index is 0.452. The van der Waals surface area contributed by atoms with E-state index in [-0.39, 0.29) is 0 Å². The molecule has 0 bridgehead atoms. The maximum atomic E-state index is 8.67. The molecule has 102 valence electrons. The standard InChI is InChI=1S/C18H15N3/c19-10-9-14-5-7-17(8-6-14)21-13-16-12-20-11-15-3-1-2-4-18(15)16/h1-8,11-12,21H,9,13H2. The number of fused-ring (bicyclic) bond motifs is 1. The summed E-state index contributed by atoms with van der Waals surface area (Å²) in [5, 5.41) is 14.4. The Labute approximate surface area is 123 Å². The lowest BCUT2D eigenvalue weighted by Gasteiger charge is -2.09. The molecular formula is C18H15N3. The molecule has 0 saturated heterocycles. The third-order valence-corrected chi connectivity index (χ3v) is 3.47. The highest BCUT2D eigenvalue weighted by molar-refractivity contribution is 5.84. The van der Waals surface area contributed by atoms with E-state index < -0.39 is 0 Å². The first-order valence-corrected chi connectivity index (χ1v) is 6.88. The van der Waals surface area contributed by atoms with E-state index in [1.165, 1.54) is 10.9 Å². The first-order valence-electron chi connectivity index (χ1n) is 6.88. The van der Waals surface area contributed by atoms with Crippen molar-refractivity contribution in [2.24, 2.45) is 0 Å². The molecule has 2 aromatic carbocycles. The molecular weight excluding hydrogens is 258 g/mol. The molecule has 0 radical (unpaired) electrons. The summed E-state index contributed by atoms with van der Waals surface area (Å²) in [7, 11) is 0. The molecule has 0 spiro atoms. The van der Waals surface area contributed by atoms with Crippen LogP contribution in [0.1, 0.15) is 11.1 Å². The maximum absolute atomic E-state index is 8.67. The lowest BCUT2D eigenvalue weighted by Crippen LogP contribution is -2.00. The molecule has 0 aliphatic carbocycles. The molecule has 3 aromatic rings. The van der Waals surface area contributed by atoms with E-state index in [2.05, 4.69) is 28.5 Å². The predicted octanol–water partition coefficient (Wildman–Crippen LogP) is 3.91. The van der Waals surface area contributed by atoms with Gasteiger partial charge in [0, 0.05) is 30.0 Å². The van der Waals surface area contributed by atoms with E-state index in [9.17, 15) is 0 Å². The molecule has 0 amide bonds. The van der Waals surface area contributed by atoms with E-state index in [0.717, 1.165) is 23.2 Å². The Bertz CT molecular complexity index is 780. The van der Waals surface area contributed by atoms with Crippen molar-refractivity contribution >= 4 is 16.5 Å². The van der Waals surface area contributed by atoms with Crippen molar-refractivity contribution in [3.05, 3.63) is 72.1 Å². The molecule has 0 unspecified atom stereocenters. The molecule has 0 aliphatic rings. The average Bonchev–Trinajstić information content (AvgIpc) is 2.54. The molecule has 0 atom stereocenters. The van der Waals surface area contributed by atoms with E-state index in [4.69, 9.17) is 5.26 Å². The quantitative estimate of drug-likeness (QED) is 0.784. The van der Waals surface area contributed by atoms with Crippen LogP contribution < -0.4 is 5.32 Å². The first-order chi connectivity index (χ1) is 10.4. The molecule has 1 heterocycles. The molecule has 1 N–H and O–H groups in total. The summed E-state index contributed by atoms with van der Waals surface area (Å²) >= 11 is 0. The number of nitrogens with one attached hydrogen (secondary N) is 1. The number of aromatic nitrogens is 1. The van der Waals surface area contributed by atoms with Crippen LogP contribution in [0.5, 0.6) is 0 Å². The van der Waals surface area contributed by atoms with Gasteiger partial charge in [-0.1, -0.05) is 36.4 Å². The van der Waals surface area contributed by atoms with Gasteiger partial charge in [0.05, 0.1) is 12.5 Å². The van der Waals surface area contributed by atoms with Gasteiger partial charge in [-0.25, -0.2) is 0 Å². The largest absolute Gasteiger partial charge is 0.381 e. The van der Waals surface area contributed by atoms with Gasteiger partial charge in [0.25, 0.3) is 0 Å². The molecule has 3 heteroatoms. The summed E-state index contributed by atoms with van der Waals surface area (Å²) in [5.74, 6) is 0. The minimum Gasteiger partial charge on any atom is -0.381 e. The number of nitrogens with zero attached hydrogens (tertiary/aromatic N) is 2. The molecule has 0 fully saturated rings. The zero-order chi connectivity index (χ0) is 14.5. The number of benzene rings is 2. The molecule has 21 heavy (non-hydrogen) atoms. The number of hydrogen-bond donors (Lipinski definition) is 1. The van der Waals surface area contributed by atoms with Crippen molar-refractivity contribution < 1.29 is 0 Å². The first kappa shape index (κ1) is 13.1. The summed E-state index contributed by atoms with van der Waals surface area (Å²) in [5.41, 5.74) is 3.26. The predicted molar refractivity (Wildman–Crippen MR) is 84.8 cm³/mol. The van der Waals surface area contributed by atoms with Crippen LogP contribution in [0, 0.1) is 11.3 Å². The van der Waals surface area contributed by atoms with E-state index in [0.29, 0.717) is 6.42 Å². The van der Waals surface area contributed by atoms with Crippen LogP contribution in [0.2, 0.25) is 0 Å². The van der Waals surface area contributed by atoms with Crippen molar-refractivity contribution in [2.45, 2.75) is 13.0 Å². The monoisotopic (exact) mass is 273 g/mol. The number of hydrogen-bond acceptors (Lipinski definition) is 3. The van der Waals surface area contributed by atoms with Crippen molar-refractivity contribution in [3.8, 4) is 6.07 Å². The highest BCUT2D eigenvalue weighted by atomic mass is 14.9. The van der Waals surface area contributed by atoms with Crippen LogP contribution in [0.15, 0.2) is 60.9 Å². The second-order valence-electron chi connectivity index (χ2n) is 4.91. The summed E-state index contributed by atoms with van der Waals surface area (Å²) in [6.45, 7) is 0.728. The van der Waals surface area contributed by atoms with Crippen LogP contribution in [0.3, 0.4) is 0 Å². The molecule has 3 nitrogen and oxygen atoms in total. The third-order valence-electron chi connectivity index (χ3n) is 3.47. The fraction of sp³-hybridized carbons (Fsp3) is 0.111. The minimum absolute atomic E-state index is 0.452. The lowest BCUT2D eigenvalue weighted by atomic mass is 10.1. The van der Waals surface area contributed by atoms with Crippen molar-refractivity contribution in [2.75, 3.05) is 5.32 Å². The highest BCUT2D eigenvalue weighted by Gasteiger charge is 2.01. The molecule has 0 aliphatic heterocycles. The Morgan fingerprint density at radius 3 is 2.62 bits per heavy atom. The Morgan fingerprint density at radius 2 is 1.81 bits per heavy atom. The van der Waals surface area contributed by atoms with Crippen LogP contribution in [0.4, 0.5) is 5.69 Å². The van der Waals surface area contributed by atoms with Gasteiger partial charge < -0.3 is 5.32 Å². The van der Waals surface area contributed by atoms with Gasteiger partial charge in [-0.15, -0.1) is 0 Å². The van der Waals surface area contributed by atoms with Crippen LogP contribution in [0.25, 0.3) is 10.8 Å². The number of rotatable bonds is 4. The number of nitriles is 1. The van der Waals surface area contributed by atoms with Gasteiger partial charge in [0.2, 0.25) is 0 Å². The Balaban J connectivity index is 1.76. The van der Waals surface area contributed by atoms with Gasteiger partial charge in [0.15, 0.2) is 0 Å². The molecule has 0 saturated carbocycles. The fourth-order valence-electron chi connectivity index (χ4n) is 2.35. The second kappa shape index (κ2) is 6.06. The van der Waals surface area contributed by atoms with Crippen molar-refractivity contribution in [3.63, 3.8) is 0 Å². The average molecular weight is 273 g/mol. The normalized spacial score (nSPS) is 10.2. The SMILES string of the molecule is N#CCc1ccc(NCc2cncc3ccccc23)cc1. The smallest absolute Gasteiger partial charge is 0.0669 e. The summed E-state index contributed by atoms with van der Waals surface area (Å²) < 4.78 is 0. The third kappa shape index (κ3) is 3.01. The van der Waals surface area contributed by atoms with Crippen LogP contribution in [-0.2, 0) is 13.0 Å². The van der Waals surface area contributed by atoms with Crippen molar-refractivity contribution in [1.82, 2.24) is 4.98 Å². The van der Waals surface area contributed by atoms with Gasteiger partial charge in [-0.3, -0.25) is 4.98 Å². The zero-order valence-corrected chi connectivity index (χ0v) is 11.6. The van der Waals surface area contributed by atoms with Gasteiger partial charge in [-0.05, 0) is 28.6 Å². The maximum Gasteiger partial charge on any atom is 0.0669 e. The summed E-state index contributed by atoms with van der Waals surface area (Å²) in [4.78, 5) is 4.29. The number of anilines is 1. The second-order valence-corrected chi connectivity index (χ2v) is 4.91. The van der Waals surface area contributed by atoms with E-state index in [1.807, 2.05) is 48.8 Å². The van der Waals surface area contributed by atoms with Gasteiger partial charge in [0.1, 0.15) is 0 Å². The summed E-state index contributed by atoms with van der Waals surface area (Å²) in [6, 6.07) is 18.4. The molecule has 3 rings (SSSR count). The topological polar surface area (TPSA) is 48.7 Å². The Kier molecular flexibility index (Phi) is 3.79. The number of pyridine rings is 1. The van der Waals surface area contributed by atoms with Gasteiger partial charge >= 0.3 is 0 Å². The fourth-order valence-corrected chi connectivity index (χ4v) is 2.35. The summed E-state index contributed by atoms with van der Waals surface area (Å²) in [6.07, 6.45) is 4.24. The van der Waals surface area contributed by atoms with Crippen molar-refractivity contribution in [1.29, 1.82) is 5.26 Å². The zero-order valence-electron chi connectivity index (χ0n) is 11.6. The van der Waals surface area contributed by atoms with Gasteiger partial charge in [-0.2, -0.15) is 5.26 Å². The Hall–Kier alpha value is -2.86.